The monoisotopic (exact) mass is 336 g/mol. The minimum absolute atomic E-state index is 0.646. The molecular formula is C21H24N2S. The van der Waals surface area contributed by atoms with Gasteiger partial charge in [-0.1, -0.05) is 32.0 Å². The van der Waals surface area contributed by atoms with Gasteiger partial charge in [0.1, 0.15) is 0 Å². The second-order valence-corrected chi connectivity index (χ2v) is 6.79. The van der Waals surface area contributed by atoms with E-state index in [1.807, 2.05) is 30.5 Å². The zero-order chi connectivity index (χ0) is 17.1. The van der Waals surface area contributed by atoms with Crippen LogP contribution in [0.3, 0.4) is 0 Å². The van der Waals surface area contributed by atoms with Gasteiger partial charge in [-0.2, -0.15) is 0 Å². The largest absolute Gasteiger partial charge is 0.361 e. The van der Waals surface area contributed by atoms with Gasteiger partial charge in [0.05, 0.1) is 5.52 Å². The molecule has 2 aromatic carbocycles. The molecule has 0 saturated heterocycles. The van der Waals surface area contributed by atoms with Crippen LogP contribution in [0.5, 0.6) is 0 Å². The third-order valence-electron chi connectivity index (χ3n) is 4.61. The van der Waals surface area contributed by atoms with Crippen molar-refractivity contribution in [2.45, 2.75) is 31.1 Å². The van der Waals surface area contributed by atoms with E-state index < -0.39 is 0 Å². The first-order valence-electron chi connectivity index (χ1n) is 8.40. The average Bonchev–Trinajstić information content (AvgIpc) is 3.21. The van der Waals surface area contributed by atoms with Gasteiger partial charge in [-0.3, -0.25) is 0 Å². The zero-order valence-corrected chi connectivity index (χ0v) is 15.3. The standard InChI is InChI=1S/C13H17N.C8H7NS/c1-4-10(2)12-7-5-6-11-8-9-14(3)13(11)12;10-7-1-2-8-6(5-7)3-4-9-8/h5-10H,4H2,1-3H3;1-5,9-10H. The van der Waals surface area contributed by atoms with Crippen molar-refractivity contribution in [1.29, 1.82) is 0 Å². The number of aromatic nitrogens is 2. The van der Waals surface area contributed by atoms with E-state index in [1.165, 1.54) is 28.3 Å². The van der Waals surface area contributed by atoms with E-state index in [2.05, 4.69) is 73.5 Å². The summed E-state index contributed by atoms with van der Waals surface area (Å²) < 4.78 is 2.22. The minimum atomic E-state index is 0.646. The van der Waals surface area contributed by atoms with Crippen molar-refractivity contribution in [1.82, 2.24) is 9.55 Å². The van der Waals surface area contributed by atoms with Crippen LogP contribution in [0.1, 0.15) is 31.7 Å². The highest BCUT2D eigenvalue weighted by molar-refractivity contribution is 7.80. The minimum Gasteiger partial charge on any atom is -0.361 e. The smallest absolute Gasteiger partial charge is 0.0512 e. The summed E-state index contributed by atoms with van der Waals surface area (Å²) in [6.45, 7) is 4.54. The van der Waals surface area contributed by atoms with E-state index in [4.69, 9.17) is 0 Å². The molecule has 0 fully saturated rings. The first-order valence-corrected chi connectivity index (χ1v) is 8.85. The molecule has 124 valence electrons. The Morgan fingerprint density at radius 1 is 1.08 bits per heavy atom. The van der Waals surface area contributed by atoms with Crippen molar-refractivity contribution in [2.24, 2.45) is 7.05 Å². The van der Waals surface area contributed by atoms with Crippen molar-refractivity contribution in [3.05, 3.63) is 66.5 Å². The van der Waals surface area contributed by atoms with E-state index in [0.29, 0.717) is 5.92 Å². The molecule has 0 radical (unpaired) electrons. The van der Waals surface area contributed by atoms with Crippen LogP contribution >= 0.6 is 12.6 Å². The summed E-state index contributed by atoms with van der Waals surface area (Å²) >= 11 is 4.22. The van der Waals surface area contributed by atoms with Crippen LogP contribution in [0.2, 0.25) is 0 Å². The van der Waals surface area contributed by atoms with Gasteiger partial charge in [0, 0.05) is 35.2 Å². The quantitative estimate of drug-likeness (QED) is 0.410. The van der Waals surface area contributed by atoms with Crippen LogP contribution in [-0.2, 0) is 7.05 Å². The maximum Gasteiger partial charge on any atom is 0.0512 e. The van der Waals surface area contributed by atoms with Gasteiger partial charge in [0.15, 0.2) is 0 Å². The van der Waals surface area contributed by atoms with E-state index in [1.54, 1.807) is 0 Å². The van der Waals surface area contributed by atoms with Gasteiger partial charge in [0.25, 0.3) is 0 Å². The van der Waals surface area contributed by atoms with Crippen molar-refractivity contribution >= 4 is 34.4 Å². The topological polar surface area (TPSA) is 20.7 Å². The lowest BCUT2D eigenvalue weighted by Crippen LogP contribution is -1.96. The molecule has 1 N–H and O–H groups in total. The average molecular weight is 337 g/mol. The lowest BCUT2D eigenvalue weighted by atomic mass is 9.97. The molecule has 0 aliphatic rings. The van der Waals surface area contributed by atoms with Gasteiger partial charge in [-0.05, 0) is 53.6 Å². The first-order chi connectivity index (χ1) is 11.6. The van der Waals surface area contributed by atoms with E-state index >= 15 is 0 Å². The second kappa shape index (κ2) is 7.18. The number of H-pyrrole nitrogens is 1. The molecule has 3 heteroatoms. The molecule has 2 aromatic heterocycles. The molecule has 4 rings (SSSR count). The number of hydrogen-bond donors (Lipinski definition) is 2. The molecule has 2 heterocycles. The molecule has 24 heavy (non-hydrogen) atoms. The highest BCUT2D eigenvalue weighted by Crippen LogP contribution is 2.27. The summed E-state index contributed by atoms with van der Waals surface area (Å²) in [5, 5.41) is 2.57. The van der Waals surface area contributed by atoms with Crippen LogP contribution in [0, 0.1) is 0 Å². The highest BCUT2D eigenvalue weighted by atomic mass is 32.1. The third kappa shape index (κ3) is 3.36. The van der Waals surface area contributed by atoms with Gasteiger partial charge >= 0.3 is 0 Å². The molecule has 0 amide bonds. The Morgan fingerprint density at radius 3 is 2.71 bits per heavy atom. The van der Waals surface area contributed by atoms with Gasteiger partial charge in [0.2, 0.25) is 0 Å². The summed E-state index contributed by atoms with van der Waals surface area (Å²) in [5.74, 6) is 0.646. The normalized spacial score (nSPS) is 12.2. The second-order valence-electron chi connectivity index (χ2n) is 6.27. The lowest BCUT2D eigenvalue weighted by Gasteiger charge is -2.11. The fourth-order valence-corrected chi connectivity index (χ4v) is 3.26. The van der Waals surface area contributed by atoms with E-state index in [-0.39, 0.29) is 0 Å². The fourth-order valence-electron chi connectivity index (χ4n) is 3.05. The van der Waals surface area contributed by atoms with Crippen LogP contribution < -0.4 is 0 Å². The van der Waals surface area contributed by atoms with Crippen LogP contribution in [-0.4, -0.2) is 9.55 Å². The van der Waals surface area contributed by atoms with E-state index in [9.17, 15) is 0 Å². The number of aryl methyl sites for hydroxylation is 1. The molecule has 0 aliphatic carbocycles. The summed E-state index contributed by atoms with van der Waals surface area (Å²) in [4.78, 5) is 4.12. The fraction of sp³-hybridized carbons (Fsp3) is 0.238. The number of benzene rings is 2. The Morgan fingerprint density at radius 2 is 1.92 bits per heavy atom. The van der Waals surface area contributed by atoms with Crippen LogP contribution in [0.4, 0.5) is 0 Å². The molecule has 0 bridgehead atoms. The Labute approximate surface area is 148 Å². The predicted octanol–water partition coefficient (Wildman–Crippen LogP) is 6.15. The Bertz CT molecular complexity index is 949. The van der Waals surface area contributed by atoms with Gasteiger partial charge in [-0.15, -0.1) is 12.6 Å². The third-order valence-corrected chi connectivity index (χ3v) is 4.89. The number of nitrogens with zero attached hydrogens (tertiary/aromatic N) is 1. The van der Waals surface area contributed by atoms with Crippen molar-refractivity contribution in [3.63, 3.8) is 0 Å². The molecular weight excluding hydrogens is 312 g/mol. The van der Waals surface area contributed by atoms with Crippen molar-refractivity contribution < 1.29 is 0 Å². The van der Waals surface area contributed by atoms with Gasteiger partial charge in [-0.25, -0.2) is 0 Å². The Kier molecular flexibility index (Phi) is 5.00. The molecule has 2 nitrogen and oxygen atoms in total. The summed E-state index contributed by atoms with van der Waals surface area (Å²) in [6, 6.07) is 16.8. The lowest BCUT2D eigenvalue weighted by molar-refractivity contribution is 0.734. The number of hydrogen-bond acceptors (Lipinski definition) is 1. The maximum atomic E-state index is 4.22. The van der Waals surface area contributed by atoms with Crippen LogP contribution in [0.25, 0.3) is 21.8 Å². The van der Waals surface area contributed by atoms with Crippen molar-refractivity contribution in [2.75, 3.05) is 0 Å². The maximum absolute atomic E-state index is 4.22. The molecule has 1 atom stereocenters. The number of aromatic amines is 1. The first kappa shape index (κ1) is 16.7. The summed E-state index contributed by atoms with van der Waals surface area (Å²) in [7, 11) is 2.12. The number of thiol groups is 1. The Hall–Kier alpha value is -2.13. The SMILES string of the molecule is CCC(C)c1cccc2ccn(C)c12.Sc1ccc2[nH]ccc2c1. The zero-order valence-electron chi connectivity index (χ0n) is 14.5. The van der Waals surface area contributed by atoms with Gasteiger partial charge < -0.3 is 9.55 Å². The predicted molar refractivity (Wildman–Crippen MR) is 107 cm³/mol. The number of nitrogens with one attached hydrogen (secondary N) is 1. The summed E-state index contributed by atoms with van der Waals surface area (Å²) in [5.41, 5.74) is 4.03. The molecule has 4 aromatic rings. The van der Waals surface area contributed by atoms with E-state index in [0.717, 1.165) is 10.4 Å². The number of rotatable bonds is 2. The van der Waals surface area contributed by atoms with Crippen LogP contribution in [0.15, 0.2) is 65.8 Å². The number of para-hydroxylation sites is 1. The Balaban J connectivity index is 0.000000149. The van der Waals surface area contributed by atoms with Crippen molar-refractivity contribution in [3.8, 4) is 0 Å². The molecule has 0 aliphatic heterocycles. The summed E-state index contributed by atoms with van der Waals surface area (Å²) in [6.07, 6.45) is 5.26. The highest BCUT2D eigenvalue weighted by Gasteiger charge is 2.09. The number of fused-ring (bicyclic) bond motifs is 2. The molecule has 0 spiro atoms. The molecule has 1 unspecified atom stereocenters. The molecule has 0 saturated carbocycles.